The molecule has 0 spiro atoms. The molecule has 2 aliphatic heterocycles. The van der Waals surface area contributed by atoms with Crippen molar-refractivity contribution in [1.29, 1.82) is 0 Å². The van der Waals surface area contributed by atoms with Gasteiger partial charge in [0.25, 0.3) is 0 Å². The lowest BCUT2D eigenvalue weighted by Gasteiger charge is -2.61. The molecular formula is C21H28O7. The van der Waals surface area contributed by atoms with Crippen molar-refractivity contribution >= 4 is 11.9 Å². The van der Waals surface area contributed by atoms with Gasteiger partial charge in [0.1, 0.15) is 6.10 Å². The molecule has 7 heteroatoms. The van der Waals surface area contributed by atoms with Crippen LogP contribution in [-0.2, 0) is 23.8 Å². The van der Waals surface area contributed by atoms with Crippen LogP contribution in [0.4, 0.5) is 0 Å². The molecule has 0 unspecified atom stereocenters. The molecular weight excluding hydrogens is 364 g/mol. The van der Waals surface area contributed by atoms with Crippen LogP contribution in [0.5, 0.6) is 0 Å². The third-order valence-electron chi connectivity index (χ3n) is 7.61. The Morgan fingerprint density at radius 3 is 2.68 bits per heavy atom. The van der Waals surface area contributed by atoms with E-state index in [1.54, 1.807) is 6.26 Å². The van der Waals surface area contributed by atoms with Crippen molar-refractivity contribution in [2.24, 2.45) is 22.7 Å². The Morgan fingerprint density at radius 1 is 1.29 bits per heavy atom. The minimum Gasteiger partial charge on any atom is -0.501 e. The first-order valence-corrected chi connectivity index (χ1v) is 9.89. The molecule has 4 aliphatic rings. The largest absolute Gasteiger partial charge is 0.501 e. The molecule has 2 N–H and O–H groups in total. The second-order valence-corrected chi connectivity index (χ2v) is 8.96. The molecule has 7 nitrogen and oxygen atoms in total. The average molecular weight is 392 g/mol. The maximum Gasteiger partial charge on any atom is 0.334 e. The molecule has 1 saturated heterocycles. The molecule has 2 fully saturated rings. The molecule has 0 amide bonds. The Labute approximate surface area is 164 Å². The van der Waals surface area contributed by atoms with Gasteiger partial charge in [-0.15, -0.1) is 0 Å². The van der Waals surface area contributed by atoms with E-state index in [0.29, 0.717) is 25.0 Å². The van der Waals surface area contributed by atoms with Gasteiger partial charge in [0, 0.05) is 23.0 Å². The van der Waals surface area contributed by atoms with Crippen LogP contribution in [0.25, 0.3) is 0 Å². The lowest BCUT2D eigenvalue weighted by atomic mass is 9.44. The zero-order valence-corrected chi connectivity index (χ0v) is 16.5. The van der Waals surface area contributed by atoms with Crippen LogP contribution < -0.4 is 0 Å². The fourth-order valence-corrected chi connectivity index (χ4v) is 6.02. The smallest absolute Gasteiger partial charge is 0.334 e. The van der Waals surface area contributed by atoms with E-state index in [1.165, 1.54) is 13.2 Å². The Hall–Kier alpha value is -1.86. The molecule has 0 aromatic carbocycles. The van der Waals surface area contributed by atoms with E-state index in [2.05, 4.69) is 0 Å². The zero-order valence-electron chi connectivity index (χ0n) is 16.5. The van der Waals surface area contributed by atoms with Crippen molar-refractivity contribution in [3.8, 4) is 0 Å². The van der Waals surface area contributed by atoms with Crippen LogP contribution in [0, 0.1) is 22.7 Å². The summed E-state index contributed by atoms with van der Waals surface area (Å²) in [5.74, 6) is -1.63. The number of esters is 2. The van der Waals surface area contributed by atoms with Gasteiger partial charge in [0.2, 0.25) is 0 Å². The van der Waals surface area contributed by atoms with Gasteiger partial charge >= 0.3 is 11.9 Å². The number of carbonyl (C=O) groups excluding carboxylic acids is 2. The summed E-state index contributed by atoms with van der Waals surface area (Å²) < 4.78 is 16.0. The second kappa shape index (κ2) is 6.59. The third-order valence-corrected chi connectivity index (χ3v) is 7.61. The summed E-state index contributed by atoms with van der Waals surface area (Å²) in [6, 6.07) is 0. The number of aliphatic hydroxyl groups is 2. The minimum absolute atomic E-state index is 0.217. The molecule has 28 heavy (non-hydrogen) atoms. The lowest BCUT2D eigenvalue weighted by molar-refractivity contribution is -0.204. The van der Waals surface area contributed by atoms with E-state index in [0.717, 1.165) is 12.0 Å². The number of cyclic esters (lactones) is 1. The Balaban J connectivity index is 1.77. The molecule has 4 rings (SSSR count). The summed E-state index contributed by atoms with van der Waals surface area (Å²) in [5, 5.41) is 21.5. The van der Waals surface area contributed by atoms with Crippen LogP contribution in [0.15, 0.2) is 23.5 Å². The van der Waals surface area contributed by atoms with Crippen molar-refractivity contribution in [1.82, 2.24) is 0 Å². The molecule has 7 atom stereocenters. The Morgan fingerprint density at radius 2 is 2.04 bits per heavy atom. The number of hydrogen-bond donors (Lipinski definition) is 2. The molecule has 0 aromatic heterocycles. The monoisotopic (exact) mass is 392 g/mol. The van der Waals surface area contributed by atoms with E-state index in [1.807, 2.05) is 13.8 Å². The highest BCUT2D eigenvalue weighted by Gasteiger charge is 2.65. The van der Waals surface area contributed by atoms with E-state index >= 15 is 0 Å². The van der Waals surface area contributed by atoms with Gasteiger partial charge in [-0.1, -0.05) is 13.8 Å². The summed E-state index contributed by atoms with van der Waals surface area (Å²) >= 11 is 0. The van der Waals surface area contributed by atoms with Crippen molar-refractivity contribution in [3.05, 3.63) is 23.5 Å². The number of fused-ring (bicyclic) bond motifs is 3. The molecule has 0 bridgehead atoms. The van der Waals surface area contributed by atoms with Crippen LogP contribution in [-0.4, -0.2) is 54.2 Å². The number of aliphatic hydroxyl groups excluding tert-OH is 2. The topological polar surface area (TPSA) is 102 Å². The molecule has 0 radical (unpaired) electrons. The molecule has 2 aliphatic carbocycles. The van der Waals surface area contributed by atoms with Crippen LogP contribution in [0.3, 0.4) is 0 Å². The van der Waals surface area contributed by atoms with Crippen molar-refractivity contribution in [3.63, 3.8) is 0 Å². The Bertz CT molecular complexity index is 756. The van der Waals surface area contributed by atoms with Crippen LogP contribution >= 0.6 is 0 Å². The molecule has 154 valence electrons. The summed E-state index contributed by atoms with van der Waals surface area (Å²) in [5.41, 5.74) is -0.183. The zero-order chi connectivity index (χ0) is 20.3. The predicted molar refractivity (Wildman–Crippen MR) is 97.7 cm³/mol. The average Bonchev–Trinajstić information content (AvgIpc) is 3.19. The predicted octanol–water partition coefficient (Wildman–Crippen LogP) is 1.48. The maximum absolute atomic E-state index is 12.9. The van der Waals surface area contributed by atoms with Crippen LogP contribution in [0.2, 0.25) is 0 Å². The SMILES string of the molecule is COC(=O)C1=C[C@H](O)C[C@H]2[C@]3(C)C[C@@H](C4=COCC4)OC(=O)[C@H]3C[C@H](O)[C@@]12C. The third kappa shape index (κ3) is 2.63. The first-order valence-electron chi connectivity index (χ1n) is 9.89. The number of methoxy groups -OCH3 is 1. The van der Waals surface area contributed by atoms with E-state index in [9.17, 15) is 19.8 Å². The molecule has 0 aromatic rings. The number of hydrogen-bond acceptors (Lipinski definition) is 7. The van der Waals surface area contributed by atoms with Gasteiger partial charge in [0.05, 0.1) is 38.1 Å². The minimum atomic E-state index is -0.911. The summed E-state index contributed by atoms with van der Waals surface area (Å²) in [7, 11) is 1.29. The highest BCUT2D eigenvalue weighted by molar-refractivity contribution is 5.91. The first kappa shape index (κ1) is 19.5. The van der Waals surface area contributed by atoms with E-state index in [4.69, 9.17) is 14.2 Å². The standard InChI is InChI=1S/C21H28O7/c1-20-9-15(11-4-5-27-10-11)28-19(25)13(20)8-17(23)21(2)14(18(24)26-3)6-12(22)7-16(20)21/h6,10,12-13,15-17,22-23H,4-5,7-9H2,1-3H3/t12-,13+,15-,16-,17-,20+,21-/m0/s1. The van der Waals surface area contributed by atoms with E-state index in [-0.39, 0.29) is 24.4 Å². The van der Waals surface area contributed by atoms with Crippen LogP contribution in [0.1, 0.15) is 39.5 Å². The maximum atomic E-state index is 12.9. The van der Waals surface area contributed by atoms with Gasteiger partial charge in [-0.05, 0) is 36.7 Å². The number of rotatable bonds is 2. The molecule has 2 heterocycles. The van der Waals surface area contributed by atoms with Crippen molar-refractivity contribution in [2.75, 3.05) is 13.7 Å². The van der Waals surface area contributed by atoms with Crippen molar-refractivity contribution in [2.45, 2.75) is 57.8 Å². The van der Waals surface area contributed by atoms with Gasteiger partial charge in [-0.2, -0.15) is 0 Å². The van der Waals surface area contributed by atoms with E-state index < -0.39 is 34.9 Å². The summed E-state index contributed by atoms with van der Waals surface area (Å²) in [6.45, 7) is 4.46. The fourth-order valence-electron chi connectivity index (χ4n) is 6.02. The Kier molecular flexibility index (Phi) is 4.58. The lowest BCUT2D eigenvalue weighted by Crippen LogP contribution is -2.63. The van der Waals surface area contributed by atoms with Gasteiger partial charge < -0.3 is 24.4 Å². The van der Waals surface area contributed by atoms with Gasteiger partial charge in [-0.25, -0.2) is 4.79 Å². The first-order chi connectivity index (χ1) is 13.2. The van der Waals surface area contributed by atoms with Crippen molar-refractivity contribution < 1.29 is 34.0 Å². The summed E-state index contributed by atoms with van der Waals surface area (Å²) in [6.07, 6.45) is 2.94. The highest BCUT2D eigenvalue weighted by Crippen LogP contribution is 2.64. The number of ether oxygens (including phenoxy) is 3. The quantitative estimate of drug-likeness (QED) is 0.686. The normalized spacial score (nSPS) is 45.0. The summed E-state index contributed by atoms with van der Waals surface area (Å²) in [4.78, 5) is 25.4. The number of carbonyl (C=O) groups is 2. The van der Waals surface area contributed by atoms with Gasteiger partial charge in [-0.3, -0.25) is 4.79 Å². The fraction of sp³-hybridized carbons (Fsp3) is 0.714. The van der Waals surface area contributed by atoms with Gasteiger partial charge in [0.15, 0.2) is 0 Å². The highest BCUT2D eigenvalue weighted by atomic mass is 16.5. The molecule has 1 saturated carbocycles. The second-order valence-electron chi connectivity index (χ2n) is 8.96.